The SMILES string of the molecule is Cc1ccc(/C=N/NC(=O)c2cc(Cl)ccc2NC(=O)c2cccc(CN(C)CCO)c2)cc1C. The molecule has 2 amide bonds. The van der Waals surface area contributed by atoms with Gasteiger partial charge in [0.15, 0.2) is 0 Å². The molecule has 35 heavy (non-hydrogen) atoms. The number of aryl methyl sites for hydroxylation is 2. The average Bonchev–Trinajstić information content (AvgIpc) is 2.82. The number of halogens is 1. The van der Waals surface area contributed by atoms with Crippen molar-refractivity contribution in [2.45, 2.75) is 20.4 Å². The van der Waals surface area contributed by atoms with E-state index in [9.17, 15) is 9.59 Å². The Hall–Kier alpha value is -3.52. The van der Waals surface area contributed by atoms with Crippen molar-refractivity contribution in [2.24, 2.45) is 5.10 Å². The highest BCUT2D eigenvalue weighted by molar-refractivity contribution is 6.31. The molecule has 3 rings (SSSR count). The number of nitrogens with one attached hydrogen (secondary N) is 2. The minimum atomic E-state index is -0.498. The van der Waals surface area contributed by atoms with Gasteiger partial charge in [0.25, 0.3) is 11.8 Å². The fourth-order valence-electron chi connectivity index (χ4n) is 3.45. The zero-order valence-electron chi connectivity index (χ0n) is 20.0. The van der Waals surface area contributed by atoms with E-state index in [1.54, 1.807) is 36.5 Å². The van der Waals surface area contributed by atoms with Gasteiger partial charge in [0.2, 0.25) is 0 Å². The molecule has 0 saturated carbocycles. The Morgan fingerprint density at radius 3 is 2.57 bits per heavy atom. The van der Waals surface area contributed by atoms with E-state index < -0.39 is 5.91 Å². The lowest BCUT2D eigenvalue weighted by molar-refractivity contribution is 0.0956. The van der Waals surface area contributed by atoms with E-state index in [4.69, 9.17) is 16.7 Å². The topological polar surface area (TPSA) is 94.0 Å². The van der Waals surface area contributed by atoms with Crippen LogP contribution >= 0.6 is 11.6 Å². The van der Waals surface area contributed by atoms with Crippen molar-refractivity contribution in [1.29, 1.82) is 0 Å². The van der Waals surface area contributed by atoms with Crippen LogP contribution in [0.25, 0.3) is 0 Å². The minimum absolute atomic E-state index is 0.0623. The molecule has 0 aromatic heterocycles. The van der Waals surface area contributed by atoms with Gasteiger partial charge < -0.3 is 10.4 Å². The number of hydrogen-bond acceptors (Lipinski definition) is 5. The third-order valence-corrected chi connectivity index (χ3v) is 5.74. The third kappa shape index (κ3) is 7.48. The molecule has 182 valence electrons. The fraction of sp³-hybridized carbons (Fsp3) is 0.222. The third-order valence-electron chi connectivity index (χ3n) is 5.51. The number of benzene rings is 3. The summed E-state index contributed by atoms with van der Waals surface area (Å²) in [5.41, 5.74) is 7.56. The summed E-state index contributed by atoms with van der Waals surface area (Å²) >= 11 is 6.12. The molecular weight excluding hydrogens is 464 g/mol. The van der Waals surface area contributed by atoms with Crippen LogP contribution in [0.2, 0.25) is 5.02 Å². The summed E-state index contributed by atoms with van der Waals surface area (Å²) in [5, 5.41) is 16.3. The largest absolute Gasteiger partial charge is 0.395 e. The molecule has 3 aromatic rings. The lowest BCUT2D eigenvalue weighted by atomic mass is 10.1. The molecule has 0 heterocycles. The predicted molar refractivity (Wildman–Crippen MR) is 140 cm³/mol. The van der Waals surface area contributed by atoms with Crippen LogP contribution in [0.15, 0.2) is 65.8 Å². The Bertz CT molecular complexity index is 1240. The molecule has 0 bridgehead atoms. The Morgan fingerprint density at radius 2 is 1.83 bits per heavy atom. The summed E-state index contributed by atoms with van der Waals surface area (Å²) < 4.78 is 0. The second kappa shape index (κ2) is 12.3. The van der Waals surface area contributed by atoms with Crippen molar-refractivity contribution >= 4 is 35.3 Å². The van der Waals surface area contributed by atoms with Gasteiger partial charge in [0, 0.05) is 23.7 Å². The summed E-state index contributed by atoms with van der Waals surface area (Å²) in [5.74, 6) is -0.853. The Balaban J connectivity index is 1.73. The highest BCUT2D eigenvalue weighted by Gasteiger charge is 2.15. The first-order chi connectivity index (χ1) is 16.8. The molecular formula is C27H29ClN4O3. The lowest BCUT2D eigenvalue weighted by Crippen LogP contribution is -2.22. The van der Waals surface area contributed by atoms with Gasteiger partial charge in [0.1, 0.15) is 0 Å². The van der Waals surface area contributed by atoms with E-state index in [1.165, 1.54) is 11.6 Å². The van der Waals surface area contributed by atoms with Crippen molar-refractivity contribution in [3.05, 3.63) is 99.1 Å². The number of hydrogen-bond donors (Lipinski definition) is 3. The number of rotatable bonds is 9. The van der Waals surface area contributed by atoms with E-state index in [2.05, 4.69) is 15.8 Å². The zero-order chi connectivity index (χ0) is 25.4. The predicted octanol–water partition coefficient (Wildman–Crippen LogP) is 4.40. The summed E-state index contributed by atoms with van der Waals surface area (Å²) in [6.07, 6.45) is 1.56. The molecule has 8 heteroatoms. The second-order valence-corrected chi connectivity index (χ2v) is 8.79. The molecule has 0 aliphatic rings. The molecule has 0 radical (unpaired) electrons. The highest BCUT2D eigenvalue weighted by atomic mass is 35.5. The van der Waals surface area contributed by atoms with Crippen LogP contribution in [-0.2, 0) is 6.54 Å². The first kappa shape index (κ1) is 26.1. The number of amides is 2. The highest BCUT2D eigenvalue weighted by Crippen LogP contribution is 2.22. The van der Waals surface area contributed by atoms with Gasteiger partial charge in [-0.1, -0.05) is 41.9 Å². The van der Waals surface area contributed by atoms with Crippen molar-refractivity contribution < 1.29 is 14.7 Å². The van der Waals surface area contributed by atoms with Crippen LogP contribution in [0.1, 0.15) is 43.0 Å². The molecule has 0 saturated heterocycles. The number of aliphatic hydroxyl groups is 1. The quantitative estimate of drug-likeness (QED) is 0.305. The molecule has 0 aliphatic carbocycles. The number of carbonyl (C=O) groups excluding carboxylic acids is 2. The van der Waals surface area contributed by atoms with Gasteiger partial charge >= 0.3 is 0 Å². The maximum Gasteiger partial charge on any atom is 0.273 e. The lowest BCUT2D eigenvalue weighted by Gasteiger charge is -2.16. The van der Waals surface area contributed by atoms with Gasteiger partial charge in [-0.15, -0.1) is 0 Å². The van der Waals surface area contributed by atoms with E-state index in [-0.39, 0.29) is 18.1 Å². The Kier molecular flexibility index (Phi) is 9.14. The fourth-order valence-corrected chi connectivity index (χ4v) is 3.62. The summed E-state index contributed by atoms with van der Waals surface area (Å²) in [6, 6.07) is 17.8. The molecule has 0 aliphatic heterocycles. The standard InChI is InChI=1S/C27H29ClN4O3/c1-18-7-8-20(13-19(18)2)16-29-31-27(35)24-15-23(28)9-10-25(24)30-26(34)22-6-4-5-21(14-22)17-32(3)11-12-33/h4-10,13-16,33H,11-12,17H2,1-3H3,(H,30,34)(H,31,35)/b29-16+. The van der Waals surface area contributed by atoms with E-state index >= 15 is 0 Å². The van der Waals surface area contributed by atoms with Crippen molar-refractivity contribution in [3.63, 3.8) is 0 Å². The smallest absolute Gasteiger partial charge is 0.273 e. The van der Waals surface area contributed by atoms with Crippen molar-refractivity contribution in [2.75, 3.05) is 25.5 Å². The number of anilines is 1. The zero-order valence-corrected chi connectivity index (χ0v) is 20.8. The molecule has 0 atom stereocenters. The molecule has 3 aromatic carbocycles. The molecule has 0 fully saturated rings. The van der Waals surface area contributed by atoms with Crippen LogP contribution in [0, 0.1) is 13.8 Å². The second-order valence-electron chi connectivity index (χ2n) is 8.35. The molecule has 7 nitrogen and oxygen atoms in total. The van der Waals surface area contributed by atoms with Crippen molar-refractivity contribution in [1.82, 2.24) is 10.3 Å². The number of aliphatic hydroxyl groups excluding tert-OH is 1. The molecule has 0 spiro atoms. The van der Waals surface area contributed by atoms with Crippen LogP contribution in [-0.4, -0.2) is 48.2 Å². The van der Waals surface area contributed by atoms with Crippen molar-refractivity contribution in [3.8, 4) is 0 Å². The normalized spacial score (nSPS) is 11.1. The van der Waals surface area contributed by atoms with Crippen LogP contribution < -0.4 is 10.7 Å². The van der Waals surface area contributed by atoms with Gasteiger partial charge in [-0.3, -0.25) is 14.5 Å². The molecule has 0 unspecified atom stereocenters. The first-order valence-corrected chi connectivity index (χ1v) is 11.5. The van der Waals surface area contributed by atoms with Gasteiger partial charge in [0.05, 0.1) is 24.1 Å². The summed E-state index contributed by atoms with van der Waals surface area (Å²) in [6.45, 7) is 5.22. The van der Waals surface area contributed by atoms with E-state index in [0.29, 0.717) is 29.4 Å². The monoisotopic (exact) mass is 492 g/mol. The maximum atomic E-state index is 12.9. The van der Waals surface area contributed by atoms with Gasteiger partial charge in [-0.25, -0.2) is 5.43 Å². The summed E-state index contributed by atoms with van der Waals surface area (Å²) in [4.78, 5) is 27.7. The first-order valence-electron chi connectivity index (χ1n) is 11.2. The van der Waals surface area contributed by atoms with Gasteiger partial charge in [-0.05, 0) is 73.5 Å². The van der Waals surface area contributed by atoms with Crippen LogP contribution in [0.4, 0.5) is 5.69 Å². The number of carbonyl (C=O) groups is 2. The van der Waals surface area contributed by atoms with Crippen LogP contribution in [0.3, 0.4) is 0 Å². The number of nitrogens with zero attached hydrogens (tertiary/aromatic N) is 2. The average molecular weight is 493 g/mol. The molecule has 3 N–H and O–H groups in total. The van der Waals surface area contributed by atoms with E-state index in [1.807, 2.05) is 50.1 Å². The minimum Gasteiger partial charge on any atom is -0.395 e. The number of hydrazone groups is 1. The summed E-state index contributed by atoms with van der Waals surface area (Å²) in [7, 11) is 1.89. The number of likely N-dealkylation sites (N-methyl/N-ethyl adjacent to an activating group) is 1. The van der Waals surface area contributed by atoms with E-state index in [0.717, 1.165) is 16.7 Å². The maximum absolute atomic E-state index is 12.9. The van der Waals surface area contributed by atoms with Gasteiger partial charge in [-0.2, -0.15) is 5.10 Å². The van der Waals surface area contributed by atoms with Crippen LogP contribution in [0.5, 0.6) is 0 Å². The Morgan fingerprint density at radius 1 is 1.03 bits per heavy atom. The Labute approximate surface area is 210 Å².